The van der Waals surface area contributed by atoms with Crippen molar-refractivity contribution in [3.05, 3.63) is 42.5 Å². The third-order valence-corrected chi connectivity index (χ3v) is 8.01. The van der Waals surface area contributed by atoms with Crippen molar-refractivity contribution in [2.75, 3.05) is 30.9 Å². The van der Waals surface area contributed by atoms with Gasteiger partial charge >= 0.3 is 0 Å². The third kappa shape index (κ3) is 2.87. The zero-order valence-electron chi connectivity index (χ0n) is 16.2. The van der Waals surface area contributed by atoms with E-state index in [0.717, 1.165) is 31.8 Å². The van der Waals surface area contributed by atoms with Gasteiger partial charge in [-0.2, -0.15) is 10.2 Å². The summed E-state index contributed by atoms with van der Waals surface area (Å²) in [5.74, 6) is 1.49. The first-order valence-corrected chi connectivity index (χ1v) is 11.2. The summed E-state index contributed by atoms with van der Waals surface area (Å²) in [6, 6.07) is 8.91. The summed E-state index contributed by atoms with van der Waals surface area (Å²) in [5.41, 5.74) is 2.45. The predicted molar refractivity (Wildman–Crippen MR) is 113 cm³/mol. The molecule has 6 unspecified atom stereocenters. The van der Waals surface area contributed by atoms with Gasteiger partial charge in [-0.3, -0.25) is 4.79 Å². The zero-order valence-corrected chi connectivity index (χ0v) is 17.0. The van der Waals surface area contributed by atoms with Crippen LogP contribution in [-0.4, -0.2) is 66.2 Å². The second kappa shape index (κ2) is 7.19. The number of piperidine rings is 1. The van der Waals surface area contributed by atoms with E-state index in [0.29, 0.717) is 11.2 Å². The van der Waals surface area contributed by atoms with E-state index < -0.39 is 0 Å². The first kappa shape index (κ1) is 18.2. The molecule has 148 valence electrons. The van der Waals surface area contributed by atoms with E-state index >= 15 is 0 Å². The van der Waals surface area contributed by atoms with Crippen molar-refractivity contribution in [1.82, 2.24) is 10.2 Å². The molecule has 7 heteroatoms. The van der Waals surface area contributed by atoms with Crippen molar-refractivity contribution >= 4 is 23.4 Å². The fraction of sp³-hybridized carbons (Fsp3) is 0.571. The molecule has 6 atom stereocenters. The van der Waals surface area contributed by atoms with Crippen LogP contribution >= 0.6 is 11.8 Å². The molecule has 2 fully saturated rings. The number of hydrogen-bond acceptors (Lipinski definition) is 6. The van der Waals surface area contributed by atoms with Crippen LogP contribution in [-0.2, 0) is 11.2 Å². The molecule has 1 aromatic rings. The first-order valence-electron chi connectivity index (χ1n) is 10.1. The Kier molecular flexibility index (Phi) is 4.67. The van der Waals surface area contributed by atoms with Crippen molar-refractivity contribution in [1.29, 1.82) is 0 Å². The molecule has 4 heterocycles. The molecule has 0 spiro atoms. The van der Waals surface area contributed by atoms with Crippen LogP contribution in [0.3, 0.4) is 0 Å². The zero-order chi connectivity index (χ0) is 19.3. The fourth-order valence-electron chi connectivity index (χ4n) is 5.23. The second-order valence-corrected chi connectivity index (χ2v) is 9.39. The Bertz CT molecular complexity index is 814. The Morgan fingerprint density at radius 1 is 1.36 bits per heavy atom. The van der Waals surface area contributed by atoms with Gasteiger partial charge in [0.05, 0.1) is 12.1 Å². The lowest BCUT2D eigenvalue weighted by Crippen LogP contribution is -2.55. The minimum absolute atomic E-state index is 0.0937. The number of para-hydroxylation sites is 1. The number of azo groups is 1. The van der Waals surface area contributed by atoms with Gasteiger partial charge in [-0.1, -0.05) is 24.3 Å². The maximum atomic E-state index is 13.4. The van der Waals surface area contributed by atoms with Gasteiger partial charge in [0, 0.05) is 55.3 Å². The molecular formula is C21H27N5OS. The fourth-order valence-corrected chi connectivity index (χ4v) is 6.31. The van der Waals surface area contributed by atoms with Gasteiger partial charge in [0.25, 0.3) is 0 Å². The molecule has 1 amide bonds. The molecule has 0 saturated carbocycles. The summed E-state index contributed by atoms with van der Waals surface area (Å²) < 4.78 is 0. The number of fused-ring (bicyclic) bond motifs is 2. The number of amides is 1. The quantitative estimate of drug-likeness (QED) is 0.796. The summed E-state index contributed by atoms with van der Waals surface area (Å²) in [5, 5.41) is 13.2. The van der Waals surface area contributed by atoms with E-state index in [2.05, 4.69) is 50.1 Å². The van der Waals surface area contributed by atoms with Gasteiger partial charge in [0.1, 0.15) is 6.04 Å². The van der Waals surface area contributed by atoms with Crippen molar-refractivity contribution < 1.29 is 4.79 Å². The molecule has 0 bridgehead atoms. The van der Waals surface area contributed by atoms with Gasteiger partial charge in [0.15, 0.2) is 0 Å². The molecule has 4 aliphatic rings. The third-order valence-electron chi connectivity index (χ3n) is 6.81. The molecule has 1 aromatic carbocycles. The normalized spacial score (nSPS) is 36.5. The highest BCUT2D eigenvalue weighted by molar-refractivity contribution is 8.00. The Hall–Kier alpha value is -1.86. The van der Waals surface area contributed by atoms with Crippen molar-refractivity contribution in [2.45, 2.75) is 42.3 Å². The van der Waals surface area contributed by atoms with Crippen molar-refractivity contribution in [2.24, 2.45) is 16.1 Å². The first-order chi connectivity index (χ1) is 13.7. The molecule has 5 rings (SSSR count). The Balaban J connectivity index is 1.30. The molecule has 1 N–H and O–H groups in total. The lowest BCUT2D eigenvalue weighted by Gasteiger charge is -2.39. The average molecular weight is 398 g/mol. The molecular weight excluding hydrogens is 370 g/mol. The number of carbonyl (C=O) groups is 1. The van der Waals surface area contributed by atoms with Crippen LogP contribution < -0.4 is 10.2 Å². The van der Waals surface area contributed by atoms with Crippen LogP contribution in [0.25, 0.3) is 0 Å². The minimum atomic E-state index is -0.0937. The molecule has 0 aliphatic carbocycles. The van der Waals surface area contributed by atoms with Gasteiger partial charge < -0.3 is 15.1 Å². The highest BCUT2D eigenvalue weighted by Crippen LogP contribution is 2.38. The highest BCUT2D eigenvalue weighted by atomic mass is 32.2. The maximum Gasteiger partial charge on any atom is 0.245 e. The number of carbonyl (C=O) groups excluding carboxylic acids is 1. The van der Waals surface area contributed by atoms with Crippen LogP contribution in [0.5, 0.6) is 0 Å². The van der Waals surface area contributed by atoms with Crippen molar-refractivity contribution in [3.8, 4) is 0 Å². The topological polar surface area (TPSA) is 60.3 Å². The number of likely N-dealkylation sites (tertiary alicyclic amines) is 1. The smallest absolute Gasteiger partial charge is 0.245 e. The van der Waals surface area contributed by atoms with Crippen LogP contribution in [0, 0.1) is 5.92 Å². The van der Waals surface area contributed by atoms with E-state index in [4.69, 9.17) is 0 Å². The van der Waals surface area contributed by atoms with Crippen LogP contribution in [0.4, 0.5) is 5.69 Å². The summed E-state index contributed by atoms with van der Waals surface area (Å²) >= 11 is 1.88. The Labute approximate surface area is 170 Å². The number of hydrogen-bond donors (Lipinski definition) is 1. The summed E-state index contributed by atoms with van der Waals surface area (Å²) in [4.78, 5) is 17.6. The van der Waals surface area contributed by atoms with Gasteiger partial charge in [-0.05, 0) is 18.1 Å². The van der Waals surface area contributed by atoms with E-state index in [1.807, 2.05) is 31.0 Å². The summed E-state index contributed by atoms with van der Waals surface area (Å²) in [7, 11) is 2.04. The lowest BCUT2D eigenvalue weighted by molar-refractivity contribution is -0.134. The number of nitrogens with one attached hydrogen (secondary N) is 1. The number of anilines is 1. The average Bonchev–Trinajstić information content (AvgIpc) is 3.43. The molecule has 6 nitrogen and oxygen atoms in total. The summed E-state index contributed by atoms with van der Waals surface area (Å²) in [6.45, 7) is 5.53. The molecule has 4 aliphatic heterocycles. The van der Waals surface area contributed by atoms with E-state index in [9.17, 15) is 4.79 Å². The van der Waals surface area contributed by atoms with Gasteiger partial charge in [0.2, 0.25) is 5.91 Å². The Morgan fingerprint density at radius 3 is 3.04 bits per heavy atom. The Morgan fingerprint density at radius 2 is 2.21 bits per heavy atom. The molecule has 28 heavy (non-hydrogen) atoms. The van der Waals surface area contributed by atoms with E-state index in [1.54, 1.807) is 0 Å². The minimum Gasteiger partial charge on any atom is -0.362 e. The largest absolute Gasteiger partial charge is 0.362 e. The predicted octanol–water partition coefficient (Wildman–Crippen LogP) is 2.32. The van der Waals surface area contributed by atoms with Gasteiger partial charge in [-0.25, -0.2) is 0 Å². The second-order valence-electron chi connectivity index (χ2n) is 8.23. The van der Waals surface area contributed by atoms with Crippen LogP contribution in [0.15, 0.2) is 47.1 Å². The number of benzene rings is 1. The van der Waals surface area contributed by atoms with Crippen LogP contribution in [0.1, 0.15) is 12.0 Å². The lowest BCUT2D eigenvalue weighted by atomic mass is 9.83. The molecule has 0 radical (unpaired) electrons. The molecule has 2 saturated heterocycles. The summed E-state index contributed by atoms with van der Waals surface area (Å²) in [6.07, 6.45) is 3.74. The van der Waals surface area contributed by atoms with E-state index in [-0.39, 0.29) is 30.1 Å². The SMILES string of the molecule is C=CC1SCNC1C1N=NC2CCN(C(=O)C3Cc4ccccc4N3C)CC21. The molecule has 0 aromatic heterocycles. The van der Waals surface area contributed by atoms with Gasteiger partial charge in [-0.15, -0.1) is 18.3 Å². The number of thioether (sulfide) groups is 1. The van der Waals surface area contributed by atoms with Crippen LogP contribution in [0.2, 0.25) is 0 Å². The maximum absolute atomic E-state index is 13.4. The number of likely N-dealkylation sites (N-methyl/N-ethyl adjacent to an activating group) is 1. The number of rotatable bonds is 3. The highest BCUT2D eigenvalue weighted by Gasteiger charge is 2.47. The monoisotopic (exact) mass is 397 g/mol. The standard InChI is InChI=1S/C21H27N5OS/c1-3-18-20(22-12-28-18)19-14-11-26(9-8-15(14)23-24-19)21(27)17-10-13-6-4-5-7-16(13)25(17)2/h3-7,14-15,17-20,22H,1,8-12H2,2H3. The number of nitrogens with zero attached hydrogens (tertiary/aromatic N) is 4. The van der Waals surface area contributed by atoms with E-state index in [1.165, 1.54) is 11.3 Å². The van der Waals surface area contributed by atoms with Crippen molar-refractivity contribution in [3.63, 3.8) is 0 Å².